The fourth-order valence-electron chi connectivity index (χ4n) is 0.855. The Morgan fingerprint density at radius 3 is 2.73 bits per heavy atom. The Labute approximate surface area is 71.3 Å². The van der Waals surface area contributed by atoms with Crippen LogP contribution in [-0.4, -0.2) is 12.8 Å². The lowest BCUT2D eigenvalue weighted by molar-refractivity contribution is 0.635. The molecular weight excluding hydrogens is 158 g/mol. The monoisotopic (exact) mass is 167 g/mol. The summed E-state index contributed by atoms with van der Waals surface area (Å²) in [5.74, 6) is -0.139. The van der Waals surface area contributed by atoms with Crippen LogP contribution >= 0.6 is 11.6 Å². The number of rotatable bonds is 2. The van der Waals surface area contributed by atoms with E-state index in [0.717, 1.165) is 5.56 Å². The fraction of sp³-hybridized carbons (Fsp3) is 0.250. The van der Waals surface area contributed by atoms with Gasteiger partial charge in [-0.15, -0.1) is 0 Å². The quantitative estimate of drug-likeness (QED) is 0.604. The Kier molecular flexibility index (Phi) is 3.00. The lowest BCUT2D eigenvalue weighted by Gasteiger charge is -1.99. The van der Waals surface area contributed by atoms with E-state index in [4.69, 9.17) is 0 Å². The molecular formula is C8H9BFS. The summed E-state index contributed by atoms with van der Waals surface area (Å²) in [6, 6.07) is 5.24. The normalized spacial score (nSPS) is 9.73. The van der Waals surface area contributed by atoms with Gasteiger partial charge in [0, 0.05) is 0 Å². The molecule has 0 bridgehead atoms. The minimum Gasteiger partial charge on any atom is -0.214 e. The lowest BCUT2D eigenvalue weighted by atomic mass is 9.93. The van der Waals surface area contributed by atoms with E-state index in [9.17, 15) is 4.39 Å². The van der Waals surface area contributed by atoms with Gasteiger partial charge in [0.1, 0.15) is 5.82 Å². The largest absolute Gasteiger partial charge is 0.233 e. The van der Waals surface area contributed by atoms with Crippen molar-refractivity contribution in [3.05, 3.63) is 29.6 Å². The summed E-state index contributed by atoms with van der Waals surface area (Å²) < 4.78 is 13.0. The van der Waals surface area contributed by atoms with Crippen LogP contribution in [-0.2, 0) is 0 Å². The Morgan fingerprint density at radius 1 is 1.45 bits per heavy atom. The Morgan fingerprint density at radius 2 is 2.18 bits per heavy atom. The lowest BCUT2D eigenvalue weighted by Crippen LogP contribution is -2.15. The van der Waals surface area contributed by atoms with E-state index in [1.54, 1.807) is 18.7 Å². The molecule has 0 amide bonds. The summed E-state index contributed by atoms with van der Waals surface area (Å²) >= 11 is 1.51. The molecule has 0 spiro atoms. The smallest absolute Gasteiger partial charge is 0.214 e. The molecule has 1 aromatic rings. The fourth-order valence-corrected chi connectivity index (χ4v) is 1.30. The summed E-state index contributed by atoms with van der Waals surface area (Å²) in [7, 11) is 0. The van der Waals surface area contributed by atoms with Crippen LogP contribution in [0.2, 0.25) is 0 Å². The second kappa shape index (κ2) is 3.81. The standard InChI is InChI=1S/C8H9BFS/c1-6-3-4-7(9-11-2)8(10)5-6/h3-5H,1-2H3. The number of hydrogen-bond donors (Lipinski definition) is 0. The van der Waals surface area contributed by atoms with Crippen molar-refractivity contribution in [1.82, 2.24) is 0 Å². The van der Waals surface area contributed by atoms with Gasteiger partial charge in [0.25, 0.3) is 0 Å². The summed E-state index contributed by atoms with van der Waals surface area (Å²) in [4.78, 5) is 0. The third kappa shape index (κ3) is 2.26. The van der Waals surface area contributed by atoms with Gasteiger partial charge in [-0.1, -0.05) is 12.1 Å². The first-order valence-electron chi connectivity index (χ1n) is 3.36. The van der Waals surface area contributed by atoms with Gasteiger partial charge >= 0.3 is 0 Å². The molecule has 0 nitrogen and oxygen atoms in total. The van der Waals surface area contributed by atoms with E-state index in [1.165, 1.54) is 11.6 Å². The molecule has 0 aliphatic heterocycles. The minimum atomic E-state index is -0.139. The van der Waals surface area contributed by atoms with Gasteiger partial charge in [-0.25, -0.2) is 16.0 Å². The van der Waals surface area contributed by atoms with Crippen LogP contribution in [0.1, 0.15) is 5.56 Å². The maximum Gasteiger partial charge on any atom is 0.233 e. The predicted molar refractivity (Wildman–Crippen MR) is 50.0 cm³/mol. The molecule has 1 aromatic carbocycles. The van der Waals surface area contributed by atoms with Crippen LogP contribution < -0.4 is 5.46 Å². The molecule has 3 heteroatoms. The van der Waals surface area contributed by atoms with Gasteiger partial charge in [-0.05, 0) is 30.3 Å². The highest BCUT2D eigenvalue weighted by molar-refractivity contribution is 8.23. The molecule has 0 N–H and O–H groups in total. The van der Waals surface area contributed by atoms with E-state index < -0.39 is 0 Å². The van der Waals surface area contributed by atoms with E-state index in [-0.39, 0.29) is 5.82 Å². The molecule has 0 aliphatic rings. The van der Waals surface area contributed by atoms with Crippen molar-refractivity contribution < 1.29 is 4.39 Å². The second-order valence-electron chi connectivity index (χ2n) is 2.38. The molecule has 0 atom stereocenters. The molecule has 1 radical (unpaired) electrons. The average Bonchev–Trinajstić information content (AvgIpc) is 1.95. The highest BCUT2D eigenvalue weighted by atomic mass is 32.2. The van der Waals surface area contributed by atoms with Crippen LogP contribution in [0, 0.1) is 12.7 Å². The first-order chi connectivity index (χ1) is 5.24. The van der Waals surface area contributed by atoms with Crippen LogP contribution in [0.3, 0.4) is 0 Å². The van der Waals surface area contributed by atoms with Crippen LogP contribution in [0.4, 0.5) is 4.39 Å². The number of halogens is 1. The summed E-state index contributed by atoms with van der Waals surface area (Å²) in [5.41, 5.74) is 1.63. The molecule has 0 saturated carbocycles. The van der Waals surface area contributed by atoms with Crippen molar-refractivity contribution in [2.45, 2.75) is 6.92 Å². The summed E-state index contributed by atoms with van der Waals surface area (Å²) in [6.45, 7) is 3.68. The Bertz CT molecular complexity index is 250. The topological polar surface area (TPSA) is 0 Å². The maximum absolute atomic E-state index is 13.0. The van der Waals surface area contributed by atoms with Crippen LogP contribution in [0.25, 0.3) is 0 Å². The zero-order chi connectivity index (χ0) is 8.27. The zero-order valence-electron chi connectivity index (χ0n) is 6.60. The maximum atomic E-state index is 13.0. The molecule has 0 unspecified atom stereocenters. The number of benzene rings is 1. The van der Waals surface area contributed by atoms with Gasteiger partial charge in [0.15, 0.2) is 0 Å². The van der Waals surface area contributed by atoms with E-state index in [0.29, 0.717) is 5.46 Å². The molecule has 0 aromatic heterocycles. The van der Waals surface area contributed by atoms with Gasteiger partial charge < -0.3 is 0 Å². The zero-order valence-corrected chi connectivity index (χ0v) is 7.41. The summed E-state index contributed by atoms with van der Waals surface area (Å²) in [5, 5.41) is 0. The first kappa shape index (κ1) is 8.66. The Balaban J connectivity index is 2.90. The SMILES string of the molecule is CS[B]c1ccc(C)cc1F. The van der Waals surface area contributed by atoms with Gasteiger partial charge in [0.05, 0.1) is 0 Å². The van der Waals surface area contributed by atoms with E-state index in [2.05, 4.69) is 0 Å². The minimum absolute atomic E-state index is 0.139. The summed E-state index contributed by atoms with van der Waals surface area (Å²) in [6.07, 6.45) is 1.92. The van der Waals surface area contributed by atoms with Gasteiger partial charge in [-0.2, -0.15) is 0 Å². The van der Waals surface area contributed by atoms with Crippen LogP contribution in [0.5, 0.6) is 0 Å². The average molecular weight is 167 g/mol. The number of hydrogen-bond acceptors (Lipinski definition) is 1. The first-order valence-corrected chi connectivity index (χ1v) is 4.65. The molecule has 57 valence electrons. The molecule has 0 heterocycles. The van der Waals surface area contributed by atoms with E-state index in [1.807, 2.05) is 19.2 Å². The molecule has 0 aliphatic carbocycles. The third-order valence-corrected chi connectivity index (χ3v) is 1.89. The predicted octanol–water partition coefficient (Wildman–Crippen LogP) is 1.74. The highest BCUT2D eigenvalue weighted by Crippen LogP contribution is 2.00. The highest BCUT2D eigenvalue weighted by Gasteiger charge is 2.01. The van der Waals surface area contributed by atoms with Crippen molar-refractivity contribution in [3.8, 4) is 0 Å². The number of aryl methyl sites for hydroxylation is 1. The van der Waals surface area contributed by atoms with Gasteiger partial charge in [0.2, 0.25) is 6.56 Å². The Hall–Kier alpha value is -0.435. The van der Waals surface area contributed by atoms with Crippen molar-refractivity contribution in [3.63, 3.8) is 0 Å². The van der Waals surface area contributed by atoms with Crippen molar-refractivity contribution in [2.75, 3.05) is 6.26 Å². The molecule has 0 saturated heterocycles. The van der Waals surface area contributed by atoms with Crippen molar-refractivity contribution in [2.24, 2.45) is 0 Å². The third-order valence-electron chi connectivity index (χ3n) is 1.40. The van der Waals surface area contributed by atoms with Gasteiger partial charge in [-0.3, -0.25) is 0 Å². The molecule has 0 fully saturated rings. The van der Waals surface area contributed by atoms with Crippen molar-refractivity contribution in [1.29, 1.82) is 0 Å². The van der Waals surface area contributed by atoms with Crippen molar-refractivity contribution >= 4 is 23.6 Å². The second-order valence-corrected chi connectivity index (χ2v) is 3.09. The molecule has 11 heavy (non-hydrogen) atoms. The van der Waals surface area contributed by atoms with Crippen LogP contribution in [0.15, 0.2) is 18.2 Å². The van der Waals surface area contributed by atoms with E-state index >= 15 is 0 Å². The molecule has 1 rings (SSSR count).